The molecule has 0 radical (unpaired) electrons. The van der Waals surface area contributed by atoms with Crippen molar-refractivity contribution in [2.75, 3.05) is 4.90 Å². The average Bonchev–Trinajstić information content (AvgIpc) is 3.29. The molecule has 1 aliphatic rings. The van der Waals surface area contributed by atoms with Gasteiger partial charge in [-0.3, -0.25) is 4.98 Å². The molecule has 3 heterocycles. The first kappa shape index (κ1) is 20.1. The third kappa shape index (κ3) is 3.83. The number of anilines is 1. The van der Waals surface area contributed by atoms with Crippen LogP contribution in [0.2, 0.25) is 0 Å². The highest BCUT2D eigenvalue weighted by molar-refractivity contribution is 9.10. The lowest BCUT2D eigenvalue weighted by molar-refractivity contribution is 0.397. The minimum absolute atomic E-state index is 0.0153. The summed E-state index contributed by atoms with van der Waals surface area (Å²) in [6.07, 6.45) is 6.22. The Morgan fingerprint density at radius 2 is 1.93 bits per heavy atom. The van der Waals surface area contributed by atoms with Crippen molar-refractivity contribution in [3.8, 4) is 0 Å². The summed E-state index contributed by atoms with van der Waals surface area (Å²) in [5.74, 6) is 0. The van der Waals surface area contributed by atoms with Crippen LogP contribution < -0.4 is 10.2 Å². The molecule has 2 atom stereocenters. The number of aryl methyl sites for hydroxylation is 1. The number of pyridine rings is 1. The lowest BCUT2D eigenvalue weighted by Crippen LogP contribution is -2.29. The predicted octanol–water partition coefficient (Wildman–Crippen LogP) is 5.89. The molecule has 3 aromatic rings. The molecule has 0 bridgehead atoms. The Balaban J connectivity index is 1.83. The zero-order valence-corrected chi connectivity index (χ0v) is 19.5. The van der Waals surface area contributed by atoms with E-state index >= 15 is 0 Å². The zero-order chi connectivity index (χ0) is 20.8. The molecule has 1 aromatic carbocycles. The fourth-order valence-corrected chi connectivity index (χ4v) is 4.35. The molecule has 1 N–H and O–H groups in total. The van der Waals surface area contributed by atoms with Crippen molar-refractivity contribution in [1.29, 1.82) is 0 Å². The second kappa shape index (κ2) is 7.58. The van der Waals surface area contributed by atoms with Gasteiger partial charge in [-0.05, 0) is 87.4 Å². The molecule has 4 rings (SSSR count). The monoisotopic (exact) mass is 468 g/mol. The number of benzene rings is 1. The molecule has 1 aliphatic heterocycles. The summed E-state index contributed by atoms with van der Waals surface area (Å²) in [5.41, 5.74) is 4.47. The van der Waals surface area contributed by atoms with E-state index in [9.17, 15) is 0 Å². The van der Waals surface area contributed by atoms with E-state index in [1.165, 1.54) is 11.1 Å². The van der Waals surface area contributed by atoms with Gasteiger partial charge in [0.15, 0.2) is 5.11 Å². The van der Waals surface area contributed by atoms with E-state index in [0.717, 1.165) is 21.0 Å². The topological polar surface area (TPSA) is 33.1 Å². The van der Waals surface area contributed by atoms with E-state index in [2.05, 4.69) is 106 Å². The smallest absolute Gasteiger partial charge is 0.174 e. The lowest BCUT2D eigenvalue weighted by Gasteiger charge is -2.28. The number of nitrogens with one attached hydrogen (secondary N) is 1. The quantitative estimate of drug-likeness (QED) is 0.486. The molecule has 0 unspecified atom stereocenters. The van der Waals surface area contributed by atoms with Gasteiger partial charge in [-0.1, -0.05) is 22.0 Å². The van der Waals surface area contributed by atoms with Crippen LogP contribution in [-0.2, 0) is 5.54 Å². The Kier molecular flexibility index (Phi) is 5.25. The van der Waals surface area contributed by atoms with E-state index in [0.29, 0.717) is 0 Å². The molecule has 2 aromatic heterocycles. The second-order valence-electron chi connectivity index (χ2n) is 8.45. The number of rotatable bonds is 3. The van der Waals surface area contributed by atoms with Crippen molar-refractivity contribution >= 4 is 38.9 Å². The normalized spacial score (nSPS) is 19.5. The summed E-state index contributed by atoms with van der Waals surface area (Å²) >= 11 is 9.41. The van der Waals surface area contributed by atoms with Crippen LogP contribution in [0.15, 0.2) is 65.5 Å². The van der Waals surface area contributed by atoms with E-state index in [1.807, 2.05) is 18.3 Å². The van der Waals surface area contributed by atoms with Gasteiger partial charge in [0.1, 0.15) is 0 Å². The molecular formula is C23H25BrN4S. The van der Waals surface area contributed by atoms with Crippen LogP contribution in [0.4, 0.5) is 5.69 Å². The first-order valence-electron chi connectivity index (χ1n) is 9.71. The molecule has 29 heavy (non-hydrogen) atoms. The molecule has 0 spiro atoms. The fourth-order valence-electron chi connectivity index (χ4n) is 3.76. The van der Waals surface area contributed by atoms with Crippen LogP contribution >= 0.6 is 28.1 Å². The number of hydrogen-bond donors (Lipinski definition) is 1. The maximum absolute atomic E-state index is 5.80. The molecule has 1 fully saturated rings. The lowest BCUT2D eigenvalue weighted by atomic mass is 9.98. The number of thiocarbonyl (C=S) groups is 1. The summed E-state index contributed by atoms with van der Waals surface area (Å²) in [7, 11) is 0. The minimum Gasteiger partial charge on any atom is -0.351 e. The summed E-state index contributed by atoms with van der Waals surface area (Å²) < 4.78 is 3.35. The maximum atomic E-state index is 5.80. The van der Waals surface area contributed by atoms with Gasteiger partial charge in [-0.2, -0.15) is 0 Å². The van der Waals surface area contributed by atoms with Gasteiger partial charge >= 0.3 is 0 Å². The van der Waals surface area contributed by atoms with Crippen LogP contribution in [0.5, 0.6) is 0 Å². The van der Waals surface area contributed by atoms with Crippen LogP contribution in [0, 0.1) is 6.92 Å². The first-order chi connectivity index (χ1) is 13.8. The van der Waals surface area contributed by atoms with Crippen molar-refractivity contribution in [2.24, 2.45) is 0 Å². The van der Waals surface area contributed by atoms with Crippen molar-refractivity contribution in [3.05, 3.63) is 82.3 Å². The maximum Gasteiger partial charge on any atom is 0.174 e. The van der Waals surface area contributed by atoms with Crippen molar-refractivity contribution in [3.63, 3.8) is 0 Å². The van der Waals surface area contributed by atoms with Crippen molar-refractivity contribution in [2.45, 2.75) is 45.3 Å². The Bertz CT molecular complexity index is 1040. The van der Waals surface area contributed by atoms with Crippen LogP contribution in [0.25, 0.3) is 0 Å². The Morgan fingerprint density at radius 1 is 1.14 bits per heavy atom. The van der Waals surface area contributed by atoms with Gasteiger partial charge < -0.3 is 14.8 Å². The van der Waals surface area contributed by atoms with E-state index < -0.39 is 0 Å². The Hall–Kier alpha value is -2.18. The number of halogens is 1. The van der Waals surface area contributed by atoms with Gasteiger partial charge in [0.05, 0.1) is 17.8 Å². The highest BCUT2D eigenvalue weighted by atomic mass is 79.9. The molecule has 0 saturated carbocycles. The second-order valence-corrected chi connectivity index (χ2v) is 9.69. The highest BCUT2D eigenvalue weighted by Gasteiger charge is 2.41. The van der Waals surface area contributed by atoms with E-state index in [4.69, 9.17) is 12.2 Å². The van der Waals surface area contributed by atoms with E-state index in [-0.39, 0.29) is 17.6 Å². The molecule has 150 valence electrons. The summed E-state index contributed by atoms with van der Waals surface area (Å²) in [6, 6.07) is 14.6. The molecule has 4 nitrogen and oxygen atoms in total. The molecule has 1 saturated heterocycles. The fraction of sp³-hybridized carbons (Fsp3) is 0.304. The highest BCUT2D eigenvalue weighted by Crippen LogP contribution is 2.42. The molecular weight excluding hydrogens is 444 g/mol. The van der Waals surface area contributed by atoms with Gasteiger partial charge in [0, 0.05) is 34.3 Å². The number of hydrogen-bond acceptors (Lipinski definition) is 2. The van der Waals surface area contributed by atoms with Gasteiger partial charge in [0.25, 0.3) is 0 Å². The van der Waals surface area contributed by atoms with E-state index in [1.54, 1.807) is 0 Å². The third-order valence-electron chi connectivity index (χ3n) is 5.35. The first-order valence-corrected chi connectivity index (χ1v) is 10.9. The van der Waals surface area contributed by atoms with Crippen LogP contribution in [0.1, 0.15) is 49.7 Å². The average molecular weight is 469 g/mol. The summed E-state index contributed by atoms with van der Waals surface area (Å²) in [4.78, 5) is 6.84. The minimum atomic E-state index is -0.0246. The summed E-state index contributed by atoms with van der Waals surface area (Å²) in [5, 5.41) is 4.24. The Labute approximate surface area is 186 Å². The third-order valence-corrected chi connectivity index (χ3v) is 6.55. The van der Waals surface area contributed by atoms with Gasteiger partial charge in [-0.15, -0.1) is 0 Å². The van der Waals surface area contributed by atoms with Gasteiger partial charge in [-0.25, -0.2) is 0 Å². The largest absolute Gasteiger partial charge is 0.351 e. The van der Waals surface area contributed by atoms with Crippen LogP contribution in [-0.4, -0.2) is 14.7 Å². The standard InChI is InChI=1S/C23H25BrN4S/c1-15-13-17(8-9-18(15)24)28-21(16-10-12-27(14-16)23(2,3)4)20(26-22(28)29)19-7-5-6-11-25-19/h5-14,20-21H,1-4H3,(H,26,29)/t20-,21-/m0/s1. The SMILES string of the molecule is Cc1cc(N2C(=S)N[C@@H](c3ccccn3)[C@@H]2c2ccn(C(C)(C)C)c2)ccc1Br. The van der Waals surface area contributed by atoms with Crippen molar-refractivity contribution in [1.82, 2.24) is 14.9 Å². The predicted molar refractivity (Wildman–Crippen MR) is 126 cm³/mol. The van der Waals surface area contributed by atoms with Crippen molar-refractivity contribution < 1.29 is 0 Å². The zero-order valence-electron chi connectivity index (χ0n) is 17.1. The molecule has 0 aliphatic carbocycles. The Morgan fingerprint density at radius 3 is 2.55 bits per heavy atom. The molecule has 0 amide bonds. The van der Waals surface area contributed by atoms with Crippen LogP contribution in [0.3, 0.4) is 0 Å². The van der Waals surface area contributed by atoms with Gasteiger partial charge in [0.2, 0.25) is 0 Å². The summed E-state index contributed by atoms with van der Waals surface area (Å²) in [6.45, 7) is 8.72. The number of nitrogens with zero attached hydrogens (tertiary/aromatic N) is 3. The number of aromatic nitrogens is 2. The molecule has 6 heteroatoms.